The molecular formula is C24H20FN3O. The summed E-state index contributed by atoms with van der Waals surface area (Å²) in [6.07, 6.45) is 8.21. The van der Waals surface area contributed by atoms with Gasteiger partial charge in [0.05, 0.1) is 30.4 Å². The van der Waals surface area contributed by atoms with Crippen LogP contribution in [0.4, 0.5) is 4.39 Å². The quantitative estimate of drug-likeness (QED) is 0.509. The minimum absolute atomic E-state index is 0.267. The van der Waals surface area contributed by atoms with Gasteiger partial charge in [-0.1, -0.05) is 54.6 Å². The maximum absolute atomic E-state index is 13.2. The Morgan fingerprint density at radius 2 is 1.76 bits per heavy atom. The lowest BCUT2D eigenvalue weighted by Crippen LogP contribution is -2.09. The van der Waals surface area contributed by atoms with Crippen molar-refractivity contribution in [2.24, 2.45) is 0 Å². The number of aromatic nitrogens is 3. The Kier molecular flexibility index (Phi) is 5.59. The van der Waals surface area contributed by atoms with E-state index in [9.17, 15) is 9.50 Å². The molecule has 1 N–H and O–H groups in total. The number of aliphatic hydroxyl groups is 1. The lowest BCUT2D eigenvalue weighted by molar-refractivity contribution is 0.156. The van der Waals surface area contributed by atoms with E-state index in [0.29, 0.717) is 6.54 Å². The monoisotopic (exact) mass is 385 g/mol. The van der Waals surface area contributed by atoms with Crippen molar-refractivity contribution in [3.8, 4) is 11.3 Å². The topological polar surface area (TPSA) is 50.9 Å². The highest BCUT2D eigenvalue weighted by molar-refractivity contribution is 5.77. The molecule has 0 aliphatic heterocycles. The standard InChI is InChI=1S/C24H20FN3O/c25-21-11-8-18(9-12-21)10-13-22-24(19-5-2-1-3-6-19)27-17-28(22)16-23(29)20-7-4-14-26-15-20/h1-15,17,23,29H,16H2/b13-10+/t23-/m1/s1. The smallest absolute Gasteiger partial charge is 0.123 e. The lowest BCUT2D eigenvalue weighted by Gasteiger charge is -2.13. The van der Waals surface area contributed by atoms with E-state index < -0.39 is 6.10 Å². The summed E-state index contributed by atoms with van der Waals surface area (Å²) in [5.41, 5.74) is 4.30. The Bertz CT molecular complexity index is 1090. The minimum atomic E-state index is -0.709. The molecule has 0 fully saturated rings. The van der Waals surface area contributed by atoms with Crippen molar-refractivity contribution in [1.82, 2.24) is 14.5 Å². The molecule has 5 heteroatoms. The van der Waals surface area contributed by atoms with Crippen LogP contribution >= 0.6 is 0 Å². The van der Waals surface area contributed by atoms with Crippen LogP contribution in [0.15, 0.2) is 85.5 Å². The van der Waals surface area contributed by atoms with E-state index >= 15 is 0 Å². The van der Waals surface area contributed by atoms with Crippen LogP contribution in [0.25, 0.3) is 23.4 Å². The molecular weight excluding hydrogens is 365 g/mol. The maximum atomic E-state index is 13.2. The van der Waals surface area contributed by atoms with Gasteiger partial charge in [-0.15, -0.1) is 0 Å². The molecule has 144 valence electrons. The average molecular weight is 385 g/mol. The first-order valence-electron chi connectivity index (χ1n) is 9.33. The van der Waals surface area contributed by atoms with Gasteiger partial charge in [0.2, 0.25) is 0 Å². The Hall–Kier alpha value is -3.57. The van der Waals surface area contributed by atoms with Gasteiger partial charge in [0, 0.05) is 23.5 Å². The van der Waals surface area contributed by atoms with Crippen LogP contribution in [-0.4, -0.2) is 19.6 Å². The highest BCUT2D eigenvalue weighted by Crippen LogP contribution is 2.26. The SMILES string of the molecule is O[C@H](Cn1cnc(-c2ccccc2)c1/C=C/c1ccc(F)cc1)c1cccnc1. The normalized spacial score (nSPS) is 12.3. The molecule has 0 saturated heterocycles. The van der Waals surface area contributed by atoms with Crippen molar-refractivity contribution in [3.05, 3.63) is 108 Å². The number of halogens is 1. The van der Waals surface area contributed by atoms with Gasteiger partial charge in [-0.3, -0.25) is 4.98 Å². The summed E-state index contributed by atoms with van der Waals surface area (Å²) >= 11 is 0. The number of hydrogen-bond acceptors (Lipinski definition) is 3. The van der Waals surface area contributed by atoms with Crippen molar-refractivity contribution >= 4 is 12.2 Å². The molecule has 0 spiro atoms. The molecule has 4 rings (SSSR count). The second kappa shape index (κ2) is 8.63. The number of hydrogen-bond donors (Lipinski definition) is 1. The minimum Gasteiger partial charge on any atom is -0.386 e. The molecule has 2 aromatic carbocycles. The lowest BCUT2D eigenvalue weighted by atomic mass is 10.1. The Morgan fingerprint density at radius 3 is 2.48 bits per heavy atom. The summed E-state index contributed by atoms with van der Waals surface area (Å²) in [7, 11) is 0. The number of benzene rings is 2. The van der Waals surface area contributed by atoms with E-state index in [-0.39, 0.29) is 5.82 Å². The van der Waals surface area contributed by atoms with E-state index in [1.165, 1.54) is 12.1 Å². The van der Waals surface area contributed by atoms with Gasteiger partial charge in [-0.2, -0.15) is 0 Å². The maximum Gasteiger partial charge on any atom is 0.123 e. The summed E-state index contributed by atoms with van der Waals surface area (Å²) in [5.74, 6) is -0.267. The fourth-order valence-corrected chi connectivity index (χ4v) is 3.14. The zero-order valence-electron chi connectivity index (χ0n) is 15.7. The van der Waals surface area contributed by atoms with Gasteiger partial charge in [0.25, 0.3) is 0 Å². The van der Waals surface area contributed by atoms with Crippen LogP contribution in [0.5, 0.6) is 0 Å². The van der Waals surface area contributed by atoms with Crippen molar-refractivity contribution in [1.29, 1.82) is 0 Å². The van der Waals surface area contributed by atoms with Crippen LogP contribution in [0.3, 0.4) is 0 Å². The summed E-state index contributed by atoms with van der Waals surface area (Å²) in [4.78, 5) is 8.66. The van der Waals surface area contributed by atoms with E-state index in [0.717, 1.165) is 28.1 Å². The van der Waals surface area contributed by atoms with Gasteiger partial charge in [0.1, 0.15) is 5.82 Å². The van der Waals surface area contributed by atoms with Gasteiger partial charge < -0.3 is 9.67 Å². The zero-order valence-corrected chi connectivity index (χ0v) is 15.7. The van der Waals surface area contributed by atoms with Gasteiger partial charge in [0.15, 0.2) is 0 Å². The third-order valence-corrected chi connectivity index (χ3v) is 4.67. The number of aliphatic hydroxyl groups excluding tert-OH is 1. The molecule has 0 radical (unpaired) electrons. The van der Waals surface area contributed by atoms with Crippen LogP contribution in [0, 0.1) is 5.82 Å². The first-order chi connectivity index (χ1) is 14.2. The summed E-state index contributed by atoms with van der Waals surface area (Å²) < 4.78 is 15.1. The van der Waals surface area contributed by atoms with E-state index in [1.807, 2.05) is 53.1 Å². The van der Waals surface area contributed by atoms with Crippen LogP contribution < -0.4 is 0 Å². The molecule has 0 aliphatic rings. The summed E-state index contributed by atoms with van der Waals surface area (Å²) in [5, 5.41) is 10.6. The third kappa shape index (κ3) is 4.47. The Balaban J connectivity index is 1.69. The largest absolute Gasteiger partial charge is 0.386 e. The van der Waals surface area contributed by atoms with Crippen LogP contribution in [0.2, 0.25) is 0 Å². The van der Waals surface area contributed by atoms with Gasteiger partial charge in [-0.05, 0) is 29.8 Å². The molecule has 0 unspecified atom stereocenters. The first-order valence-corrected chi connectivity index (χ1v) is 9.33. The van der Waals surface area contributed by atoms with E-state index in [4.69, 9.17) is 0 Å². The first kappa shape index (κ1) is 18.8. The number of pyridine rings is 1. The highest BCUT2D eigenvalue weighted by atomic mass is 19.1. The fourth-order valence-electron chi connectivity index (χ4n) is 3.14. The van der Waals surface area contributed by atoms with Crippen molar-refractivity contribution in [2.75, 3.05) is 0 Å². The number of rotatable bonds is 6. The molecule has 0 bridgehead atoms. The molecule has 4 aromatic rings. The summed E-state index contributed by atoms with van der Waals surface area (Å²) in [6, 6.07) is 19.8. The predicted octanol–water partition coefficient (Wildman–Crippen LogP) is 4.99. The molecule has 2 aromatic heterocycles. The molecule has 4 nitrogen and oxygen atoms in total. The highest BCUT2D eigenvalue weighted by Gasteiger charge is 2.15. The second-order valence-electron chi connectivity index (χ2n) is 6.68. The predicted molar refractivity (Wildman–Crippen MR) is 112 cm³/mol. The Labute approximate surface area is 168 Å². The number of imidazole rings is 1. The van der Waals surface area contributed by atoms with E-state index in [2.05, 4.69) is 9.97 Å². The molecule has 1 atom stereocenters. The van der Waals surface area contributed by atoms with Crippen molar-refractivity contribution in [3.63, 3.8) is 0 Å². The molecule has 0 amide bonds. The number of nitrogens with zero attached hydrogens (tertiary/aromatic N) is 3. The van der Waals surface area contributed by atoms with Crippen LogP contribution in [0.1, 0.15) is 22.9 Å². The molecule has 0 aliphatic carbocycles. The molecule has 2 heterocycles. The fraction of sp³-hybridized carbons (Fsp3) is 0.0833. The van der Waals surface area contributed by atoms with Crippen molar-refractivity contribution < 1.29 is 9.50 Å². The Morgan fingerprint density at radius 1 is 0.966 bits per heavy atom. The van der Waals surface area contributed by atoms with Gasteiger partial charge in [-0.25, -0.2) is 9.37 Å². The molecule has 29 heavy (non-hydrogen) atoms. The third-order valence-electron chi connectivity index (χ3n) is 4.67. The second-order valence-corrected chi connectivity index (χ2v) is 6.68. The average Bonchev–Trinajstić information content (AvgIpc) is 3.17. The van der Waals surface area contributed by atoms with Gasteiger partial charge >= 0.3 is 0 Å². The van der Waals surface area contributed by atoms with E-state index in [1.54, 1.807) is 36.9 Å². The van der Waals surface area contributed by atoms with Crippen molar-refractivity contribution in [2.45, 2.75) is 12.6 Å². The van der Waals surface area contributed by atoms with Crippen LogP contribution in [-0.2, 0) is 6.54 Å². The zero-order chi connectivity index (χ0) is 20.1. The molecule has 0 saturated carbocycles. The summed E-state index contributed by atoms with van der Waals surface area (Å²) in [6.45, 7) is 0.342.